The van der Waals surface area contributed by atoms with Gasteiger partial charge in [0.25, 0.3) is 5.56 Å². The van der Waals surface area contributed by atoms with Crippen molar-refractivity contribution in [1.82, 2.24) is 4.57 Å². The lowest BCUT2D eigenvalue weighted by atomic mass is 10.1. The van der Waals surface area contributed by atoms with Crippen LogP contribution in [0.25, 0.3) is 11.3 Å². The lowest BCUT2D eigenvalue weighted by Crippen LogP contribution is -2.23. The highest BCUT2D eigenvalue weighted by Gasteiger charge is 2.12. The Balaban J connectivity index is 2.64. The number of hydrogen-bond donors (Lipinski definition) is 1. The van der Waals surface area contributed by atoms with Gasteiger partial charge in [-0.05, 0) is 32.0 Å². The number of nitrogens with zero attached hydrogens (tertiary/aromatic N) is 1. The maximum absolute atomic E-state index is 12.4. The largest absolute Gasteiger partial charge is 0.493 e. The first-order valence-electron chi connectivity index (χ1n) is 6.78. The lowest BCUT2D eigenvalue weighted by molar-refractivity contribution is 0.341. The number of aromatic nitrogens is 1. The molecule has 0 unspecified atom stereocenters. The first-order chi connectivity index (χ1) is 9.72. The Labute approximate surface area is 124 Å². The highest BCUT2D eigenvalue weighted by atomic mass is 32.1. The summed E-state index contributed by atoms with van der Waals surface area (Å²) in [5, 5.41) is 0. The number of hydrogen-bond acceptors (Lipinski definition) is 3. The second kappa shape index (κ2) is 6.66. The van der Waals surface area contributed by atoms with Crippen molar-refractivity contribution in [3.63, 3.8) is 0 Å². The molecule has 0 spiro atoms. The van der Waals surface area contributed by atoms with E-state index in [0.29, 0.717) is 24.5 Å². The summed E-state index contributed by atoms with van der Waals surface area (Å²) in [7, 11) is 0. The monoisotopic (exact) mass is 289 g/mol. The zero-order valence-corrected chi connectivity index (χ0v) is 12.7. The smallest absolute Gasteiger partial charge is 0.255 e. The molecule has 106 valence electrons. The van der Waals surface area contributed by atoms with E-state index in [1.165, 1.54) is 0 Å². The van der Waals surface area contributed by atoms with Crippen LogP contribution in [0.3, 0.4) is 0 Å². The zero-order chi connectivity index (χ0) is 14.5. The number of pyridine rings is 1. The van der Waals surface area contributed by atoms with Crippen molar-refractivity contribution in [1.29, 1.82) is 0 Å². The van der Waals surface area contributed by atoms with Gasteiger partial charge in [0.1, 0.15) is 5.75 Å². The van der Waals surface area contributed by atoms with E-state index in [-0.39, 0.29) is 5.56 Å². The predicted octanol–water partition coefficient (Wildman–Crippen LogP) is 3.36. The number of rotatable bonds is 5. The summed E-state index contributed by atoms with van der Waals surface area (Å²) < 4.78 is 7.42. The first kappa shape index (κ1) is 14.7. The third-order valence-electron chi connectivity index (χ3n) is 3.20. The third-order valence-corrected chi connectivity index (χ3v) is 3.54. The fraction of sp³-hybridized carbons (Fsp3) is 0.312. The maximum Gasteiger partial charge on any atom is 0.255 e. The fourth-order valence-electron chi connectivity index (χ4n) is 2.25. The van der Waals surface area contributed by atoms with Gasteiger partial charge < -0.3 is 9.30 Å². The molecule has 0 saturated heterocycles. The van der Waals surface area contributed by atoms with E-state index in [1.54, 1.807) is 4.57 Å². The molecule has 0 saturated carbocycles. The molecule has 0 bridgehead atoms. The number of para-hydroxylation sites is 1. The molecule has 1 heterocycles. The van der Waals surface area contributed by atoms with Gasteiger partial charge in [-0.25, -0.2) is 0 Å². The Hall–Kier alpha value is -1.68. The van der Waals surface area contributed by atoms with E-state index >= 15 is 0 Å². The molecule has 0 atom stereocenters. The summed E-state index contributed by atoms with van der Waals surface area (Å²) in [5.74, 6) is 1.25. The second-order valence-electron chi connectivity index (χ2n) is 4.38. The molecular weight excluding hydrogens is 270 g/mol. The third kappa shape index (κ3) is 2.75. The quantitative estimate of drug-likeness (QED) is 0.856. The van der Waals surface area contributed by atoms with E-state index in [9.17, 15) is 4.79 Å². The molecule has 0 aliphatic heterocycles. The van der Waals surface area contributed by atoms with Crippen LogP contribution in [0.4, 0.5) is 0 Å². The van der Waals surface area contributed by atoms with Crippen molar-refractivity contribution in [3.05, 3.63) is 52.3 Å². The van der Waals surface area contributed by atoms with Crippen LogP contribution in [0.15, 0.2) is 41.2 Å². The SMILES string of the molecule is CCOc1ccccc1-c1ccc(CS)c(=O)n1CC. The van der Waals surface area contributed by atoms with Gasteiger partial charge in [-0.15, -0.1) is 0 Å². The Bertz CT molecular complexity index is 649. The standard InChI is InChI=1S/C16H19NO2S/c1-3-17-14(10-9-12(11-20)16(17)18)13-7-5-6-8-15(13)19-4-2/h5-10,20H,3-4,11H2,1-2H3. The molecule has 0 aliphatic rings. The van der Waals surface area contributed by atoms with Crippen LogP contribution in [-0.2, 0) is 12.3 Å². The van der Waals surface area contributed by atoms with Gasteiger partial charge >= 0.3 is 0 Å². The normalized spacial score (nSPS) is 10.6. The minimum absolute atomic E-state index is 0.0197. The number of thiol groups is 1. The second-order valence-corrected chi connectivity index (χ2v) is 4.70. The van der Waals surface area contributed by atoms with E-state index in [0.717, 1.165) is 17.0 Å². The van der Waals surface area contributed by atoms with Crippen molar-refractivity contribution in [3.8, 4) is 17.0 Å². The molecule has 3 nitrogen and oxygen atoms in total. The van der Waals surface area contributed by atoms with Crippen LogP contribution in [0, 0.1) is 0 Å². The summed E-state index contributed by atoms with van der Waals surface area (Å²) >= 11 is 4.20. The van der Waals surface area contributed by atoms with E-state index in [4.69, 9.17) is 4.74 Å². The van der Waals surface area contributed by atoms with Crippen molar-refractivity contribution >= 4 is 12.6 Å². The molecular formula is C16H19NO2S. The fourth-order valence-corrected chi connectivity index (χ4v) is 2.49. The molecule has 1 aromatic heterocycles. The highest BCUT2D eigenvalue weighted by Crippen LogP contribution is 2.29. The van der Waals surface area contributed by atoms with Gasteiger partial charge in [0.05, 0.1) is 12.3 Å². The van der Waals surface area contributed by atoms with Gasteiger partial charge in [-0.1, -0.05) is 18.2 Å². The summed E-state index contributed by atoms with van der Waals surface area (Å²) in [6.45, 7) is 5.14. The Morgan fingerprint density at radius 3 is 2.55 bits per heavy atom. The zero-order valence-electron chi connectivity index (χ0n) is 11.8. The van der Waals surface area contributed by atoms with E-state index in [1.807, 2.05) is 50.2 Å². The minimum atomic E-state index is 0.0197. The van der Waals surface area contributed by atoms with Crippen molar-refractivity contribution in [2.45, 2.75) is 26.1 Å². The summed E-state index contributed by atoms with van der Waals surface area (Å²) in [5.41, 5.74) is 2.56. The average molecular weight is 289 g/mol. The van der Waals surface area contributed by atoms with Crippen LogP contribution in [0.5, 0.6) is 5.75 Å². The van der Waals surface area contributed by atoms with E-state index < -0.39 is 0 Å². The Morgan fingerprint density at radius 1 is 1.15 bits per heavy atom. The summed E-state index contributed by atoms with van der Waals surface area (Å²) in [4.78, 5) is 12.4. The molecule has 0 amide bonds. The van der Waals surface area contributed by atoms with Crippen LogP contribution in [-0.4, -0.2) is 11.2 Å². The van der Waals surface area contributed by atoms with Crippen LogP contribution in [0.2, 0.25) is 0 Å². The number of ether oxygens (including phenoxy) is 1. The maximum atomic E-state index is 12.4. The lowest BCUT2D eigenvalue weighted by Gasteiger charge is -2.15. The molecule has 2 aromatic rings. The molecule has 0 radical (unpaired) electrons. The summed E-state index contributed by atoms with van der Waals surface area (Å²) in [6.07, 6.45) is 0. The molecule has 0 aliphatic carbocycles. The molecule has 0 N–H and O–H groups in total. The summed E-state index contributed by atoms with van der Waals surface area (Å²) in [6, 6.07) is 11.6. The van der Waals surface area contributed by atoms with Crippen LogP contribution < -0.4 is 10.3 Å². The van der Waals surface area contributed by atoms with Crippen LogP contribution >= 0.6 is 12.6 Å². The predicted molar refractivity (Wildman–Crippen MR) is 85.7 cm³/mol. The van der Waals surface area contributed by atoms with Gasteiger partial charge in [-0.3, -0.25) is 4.79 Å². The molecule has 1 aromatic carbocycles. The Kier molecular flexibility index (Phi) is 4.90. The number of benzene rings is 1. The molecule has 20 heavy (non-hydrogen) atoms. The Morgan fingerprint density at radius 2 is 1.90 bits per heavy atom. The molecule has 0 fully saturated rings. The van der Waals surface area contributed by atoms with Crippen molar-refractivity contribution in [2.24, 2.45) is 0 Å². The van der Waals surface area contributed by atoms with Gasteiger partial charge in [-0.2, -0.15) is 12.6 Å². The average Bonchev–Trinajstić information content (AvgIpc) is 2.48. The van der Waals surface area contributed by atoms with Gasteiger partial charge in [0.15, 0.2) is 0 Å². The minimum Gasteiger partial charge on any atom is -0.493 e. The van der Waals surface area contributed by atoms with Gasteiger partial charge in [0, 0.05) is 23.4 Å². The van der Waals surface area contributed by atoms with Gasteiger partial charge in [0.2, 0.25) is 0 Å². The van der Waals surface area contributed by atoms with Crippen molar-refractivity contribution < 1.29 is 4.74 Å². The molecule has 4 heteroatoms. The molecule has 2 rings (SSSR count). The highest BCUT2D eigenvalue weighted by molar-refractivity contribution is 7.79. The van der Waals surface area contributed by atoms with Crippen molar-refractivity contribution in [2.75, 3.05) is 6.61 Å². The van der Waals surface area contributed by atoms with Crippen LogP contribution in [0.1, 0.15) is 19.4 Å². The first-order valence-corrected chi connectivity index (χ1v) is 7.41. The topological polar surface area (TPSA) is 31.2 Å². The van der Waals surface area contributed by atoms with E-state index in [2.05, 4.69) is 12.6 Å².